The lowest BCUT2D eigenvalue weighted by Gasteiger charge is -2.05. The largest absolute Gasteiger partial charge is 0.444 e. The van der Waals surface area contributed by atoms with Crippen LogP contribution in [0.1, 0.15) is 28.7 Å². The van der Waals surface area contributed by atoms with E-state index >= 15 is 0 Å². The number of nitrogen functional groups attached to an aromatic ring is 1. The first-order valence-electron chi connectivity index (χ1n) is 6.48. The zero-order chi connectivity index (χ0) is 14.4. The molecule has 0 saturated heterocycles. The van der Waals surface area contributed by atoms with Gasteiger partial charge in [0.25, 0.3) is 0 Å². The van der Waals surface area contributed by atoms with Crippen LogP contribution in [-0.2, 0) is 6.54 Å². The van der Waals surface area contributed by atoms with Gasteiger partial charge in [-0.1, -0.05) is 0 Å². The predicted molar refractivity (Wildman–Crippen MR) is 76.5 cm³/mol. The van der Waals surface area contributed by atoms with Crippen molar-refractivity contribution in [1.29, 1.82) is 0 Å². The van der Waals surface area contributed by atoms with E-state index < -0.39 is 0 Å². The average molecular weight is 271 g/mol. The third-order valence-corrected chi connectivity index (χ3v) is 3.57. The van der Waals surface area contributed by atoms with E-state index in [0.717, 1.165) is 28.1 Å². The van der Waals surface area contributed by atoms with E-state index in [1.165, 1.54) is 0 Å². The van der Waals surface area contributed by atoms with Crippen LogP contribution in [0, 0.1) is 27.7 Å². The van der Waals surface area contributed by atoms with Gasteiger partial charge < -0.3 is 14.7 Å². The van der Waals surface area contributed by atoms with Gasteiger partial charge in [-0.25, -0.2) is 15.0 Å². The lowest BCUT2D eigenvalue weighted by Crippen LogP contribution is -2.05. The van der Waals surface area contributed by atoms with Gasteiger partial charge in [0.05, 0.1) is 11.6 Å². The molecule has 0 atom stereocenters. The Morgan fingerprint density at radius 3 is 2.60 bits per heavy atom. The number of fused-ring (bicyclic) bond motifs is 1. The molecule has 2 N–H and O–H groups in total. The minimum Gasteiger partial charge on any atom is -0.444 e. The number of rotatable bonds is 2. The number of nitrogens with two attached hydrogens (primary N) is 1. The van der Waals surface area contributed by atoms with Crippen molar-refractivity contribution in [2.45, 2.75) is 34.2 Å². The van der Waals surface area contributed by atoms with Gasteiger partial charge in [-0.05, 0) is 33.3 Å². The highest BCUT2D eigenvalue weighted by molar-refractivity contribution is 5.91. The fourth-order valence-electron chi connectivity index (χ4n) is 2.48. The van der Waals surface area contributed by atoms with Gasteiger partial charge >= 0.3 is 0 Å². The number of aryl methyl sites for hydroxylation is 3. The average Bonchev–Trinajstić information content (AvgIpc) is 2.87. The van der Waals surface area contributed by atoms with Crippen LogP contribution in [0.5, 0.6) is 0 Å². The van der Waals surface area contributed by atoms with E-state index in [1.807, 2.05) is 27.7 Å². The molecule has 6 nitrogen and oxygen atoms in total. The number of aromatic nitrogens is 4. The van der Waals surface area contributed by atoms with Crippen LogP contribution >= 0.6 is 0 Å². The molecule has 104 valence electrons. The van der Waals surface area contributed by atoms with E-state index in [9.17, 15) is 0 Å². The lowest BCUT2D eigenvalue weighted by molar-refractivity contribution is 0.458. The Morgan fingerprint density at radius 2 is 1.95 bits per heavy atom. The van der Waals surface area contributed by atoms with E-state index in [4.69, 9.17) is 10.2 Å². The molecule has 0 aromatic carbocycles. The Morgan fingerprint density at radius 1 is 1.20 bits per heavy atom. The van der Waals surface area contributed by atoms with Crippen molar-refractivity contribution >= 4 is 16.9 Å². The fraction of sp³-hybridized carbons (Fsp3) is 0.357. The molecule has 3 rings (SSSR count). The molecule has 3 heterocycles. The highest BCUT2D eigenvalue weighted by Gasteiger charge is 2.17. The van der Waals surface area contributed by atoms with Crippen LogP contribution in [0.25, 0.3) is 11.0 Å². The molecule has 6 heteroatoms. The van der Waals surface area contributed by atoms with Crippen LogP contribution in [0.15, 0.2) is 10.6 Å². The summed E-state index contributed by atoms with van der Waals surface area (Å²) in [5, 5.41) is 0.913. The quantitative estimate of drug-likeness (QED) is 0.773. The Bertz CT molecular complexity index is 800. The van der Waals surface area contributed by atoms with Gasteiger partial charge in [0, 0.05) is 5.69 Å². The molecule has 3 aromatic heterocycles. The molecular weight excluding hydrogens is 254 g/mol. The Kier molecular flexibility index (Phi) is 2.74. The molecule has 3 aromatic rings. The first kappa shape index (κ1) is 12.7. The maximum absolute atomic E-state index is 6.03. The van der Waals surface area contributed by atoms with Crippen molar-refractivity contribution in [3.05, 3.63) is 34.9 Å². The third-order valence-electron chi connectivity index (χ3n) is 3.57. The van der Waals surface area contributed by atoms with Crippen LogP contribution in [0.4, 0.5) is 5.82 Å². The van der Waals surface area contributed by atoms with E-state index in [0.29, 0.717) is 24.1 Å². The van der Waals surface area contributed by atoms with Crippen LogP contribution in [0.2, 0.25) is 0 Å². The molecular formula is C14H17N5O. The van der Waals surface area contributed by atoms with Gasteiger partial charge in [-0.15, -0.1) is 0 Å². The highest BCUT2D eigenvalue weighted by atomic mass is 16.4. The maximum atomic E-state index is 6.03. The van der Waals surface area contributed by atoms with Crippen molar-refractivity contribution in [3.8, 4) is 0 Å². The summed E-state index contributed by atoms with van der Waals surface area (Å²) >= 11 is 0. The van der Waals surface area contributed by atoms with E-state index in [-0.39, 0.29) is 0 Å². The van der Waals surface area contributed by atoms with Crippen molar-refractivity contribution in [1.82, 2.24) is 19.5 Å². The number of hydrogen-bond donors (Lipinski definition) is 1. The summed E-state index contributed by atoms with van der Waals surface area (Å²) in [5.41, 5.74) is 9.07. The fourth-order valence-corrected chi connectivity index (χ4v) is 2.48. The number of anilines is 1. The van der Waals surface area contributed by atoms with E-state index in [1.54, 1.807) is 6.20 Å². The van der Waals surface area contributed by atoms with Gasteiger partial charge in [0.15, 0.2) is 0 Å². The normalized spacial score (nSPS) is 11.4. The standard InChI is InChI=1S/C14H17N5O/c1-7-5-16-11(20-7)6-19-9(3)8(2)12-13(15)17-10(4)18-14(12)19/h5H,6H2,1-4H3,(H2,15,17,18). The van der Waals surface area contributed by atoms with Gasteiger partial charge in [0.1, 0.15) is 29.6 Å². The van der Waals surface area contributed by atoms with Crippen molar-refractivity contribution in [3.63, 3.8) is 0 Å². The van der Waals surface area contributed by atoms with Crippen LogP contribution < -0.4 is 5.73 Å². The van der Waals surface area contributed by atoms with Gasteiger partial charge in [-0.2, -0.15) is 0 Å². The second kappa shape index (κ2) is 4.33. The Balaban J connectivity index is 2.22. The molecule has 0 fully saturated rings. The summed E-state index contributed by atoms with van der Waals surface area (Å²) in [6.45, 7) is 8.34. The minimum atomic E-state index is 0.524. The van der Waals surface area contributed by atoms with Gasteiger partial charge in [-0.3, -0.25) is 0 Å². The SMILES string of the molecule is Cc1nc(N)c2c(C)c(C)n(Cc3ncc(C)o3)c2n1. The molecule has 0 aliphatic heterocycles. The molecule has 0 aliphatic rings. The number of nitrogens with zero attached hydrogens (tertiary/aromatic N) is 4. The Labute approximate surface area is 116 Å². The zero-order valence-electron chi connectivity index (χ0n) is 12.1. The second-order valence-electron chi connectivity index (χ2n) is 5.02. The zero-order valence-corrected chi connectivity index (χ0v) is 12.1. The highest BCUT2D eigenvalue weighted by Crippen LogP contribution is 2.28. The molecule has 0 unspecified atom stereocenters. The monoisotopic (exact) mass is 271 g/mol. The maximum Gasteiger partial charge on any atom is 0.214 e. The molecule has 0 bridgehead atoms. The Hall–Kier alpha value is -2.37. The summed E-state index contributed by atoms with van der Waals surface area (Å²) in [4.78, 5) is 13.0. The van der Waals surface area contributed by atoms with Crippen molar-refractivity contribution in [2.24, 2.45) is 0 Å². The summed E-state index contributed by atoms with van der Waals surface area (Å²) in [7, 11) is 0. The van der Waals surface area contributed by atoms with Crippen LogP contribution in [-0.4, -0.2) is 19.5 Å². The summed E-state index contributed by atoms with van der Waals surface area (Å²) in [5.74, 6) is 2.65. The summed E-state index contributed by atoms with van der Waals surface area (Å²) in [6.07, 6.45) is 1.72. The second-order valence-corrected chi connectivity index (χ2v) is 5.02. The number of oxazole rings is 1. The van der Waals surface area contributed by atoms with Gasteiger partial charge in [0.2, 0.25) is 5.89 Å². The molecule has 0 spiro atoms. The molecule has 0 saturated carbocycles. The van der Waals surface area contributed by atoms with E-state index in [2.05, 4.69) is 19.5 Å². The van der Waals surface area contributed by atoms with Crippen molar-refractivity contribution < 1.29 is 4.42 Å². The molecule has 0 radical (unpaired) electrons. The molecule has 0 aliphatic carbocycles. The predicted octanol–water partition coefficient (Wildman–Crippen LogP) is 2.28. The molecule has 20 heavy (non-hydrogen) atoms. The first-order chi connectivity index (χ1) is 9.47. The minimum absolute atomic E-state index is 0.524. The first-order valence-corrected chi connectivity index (χ1v) is 6.48. The summed E-state index contributed by atoms with van der Waals surface area (Å²) in [6, 6.07) is 0. The summed E-state index contributed by atoms with van der Waals surface area (Å²) < 4.78 is 7.62. The molecule has 0 amide bonds. The number of hydrogen-bond acceptors (Lipinski definition) is 5. The topological polar surface area (TPSA) is 82.8 Å². The smallest absolute Gasteiger partial charge is 0.214 e. The van der Waals surface area contributed by atoms with Crippen molar-refractivity contribution in [2.75, 3.05) is 5.73 Å². The third kappa shape index (κ3) is 1.84. The lowest BCUT2D eigenvalue weighted by atomic mass is 10.2. The van der Waals surface area contributed by atoms with Crippen LogP contribution in [0.3, 0.4) is 0 Å².